The van der Waals surface area contributed by atoms with E-state index in [2.05, 4.69) is 16.0 Å². The zero-order valence-electron chi connectivity index (χ0n) is 6.60. The molecule has 5 nitrogen and oxygen atoms in total. The highest BCUT2D eigenvalue weighted by Crippen LogP contribution is 1.93. The van der Waals surface area contributed by atoms with Crippen LogP contribution in [-0.2, 0) is 0 Å². The number of hydrogen-bond donors (Lipinski definition) is 5. The first kappa shape index (κ1) is 9.80. The van der Waals surface area contributed by atoms with Crippen molar-refractivity contribution in [1.82, 2.24) is 16.0 Å². The molecule has 0 saturated carbocycles. The predicted molar refractivity (Wildman–Crippen MR) is 40.1 cm³/mol. The summed E-state index contributed by atoms with van der Waals surface area (Å²) >= 11 is 0. The van der Waals surface area contributed by atoms with Crippen LogP contribution < -0.4 is 21.7 Å². The van der Waals surface area contributed by atoms with Crippen LogP contribution in [0.5, 0.6) is 0 Å². The average molecular weight is 148 g/mol. The predicted octanol–water partition coefficient (Wildman–Crippen LogP) is -2.42. The second kappa shape index (κ2) is 3.85. The molecule has 0 radical (unpaired) electrons. The van der Waals surface area contributed by atoms with E-state index in [1.54, 1.807) is 21.1 Å². The summed E-state index contributed by atoms with van der Waals surface area (Å²) in [4.78, 5) is 0. The number of nitrogens with one attached hydrogen (secondary N) is 3. The third-order valence-corrected chi connectivity index (χ3v) is 1.52. The molecular formula is C5H16N4O. The molecule has 62 valence electrons. The van der Waals surface area contributed by atoms with Crippen molar-refractivity contribution in [3.05, 3.63) is 0 Å². The zero-order chi connectivity index (χ0) is 8.20. The summed E-state index contributed by atoms with van der Waals surface area (Å²) in [6.45, 7) is 0. The maximum Gasteiger partial charge on any atom is 0.201 e. The van der Waals surface area contributed by atoms with Crippen LogP contribution in [0.4, 0.5) is 0 Å². The first-order valence-corrected chi connectivity index (χ1v) is 3.13. The third kappa shape index (κ3) is 1.89. The molecule has 0 fully saturated rings. The Morgan fingerprint density at radius 1 is 1.30 bits per heavy atom. The van der Waals surface area contributed by atoms with Crippen LogP contribution in [0.25, 0.3) is 0 Å². The van der Waals surface area contributed by atoms with Gasteiger partial charge in [-0.3, -0.25) is 10.6 Å². The van der Waals surface area contributed by atoms with Crippen molar-refractivity contribution < 1.29 is 5.11 Å². The third-order valence-electron chi connectivity index (χ3n) is 1.52. The van der Waals surface area contributed by atoms with Gasteiger partial charge in [0, 0.05) is 0 Å². The smallest absolute Gasteiger partial charge is 0.201 e. The highest BCUT2D eigenvalue weighted by molar-refractivity contribution is 4.78. The van der Waals surface area contributed by atoms with E-state index in [-0.39, 0.29) is 0 Å². The standard InChI is InChI=1S/C5H16N4O/c1-7-4(6)5(10,8-2)9-3/h4,7-10H,6H2,1-3H3. The normalized spacial score (nSPS) is 15.3. The van der Waals surface area contributed by atoms with Gasteiger partial charge in [-0.1, -0.05) is 0 Å². The van der Waals surface area contributed by atoms with Crippen molar-refractivity contribution in [2.45, 2.75) is 12.0 Å². The van der Waals surface area contributed by atoms with Crippen molar-refractivity contribution in [1.29, 1.82) is 0 Å². The first-order valence-electron chi connectivity index (χ1n) is 3.13. The Labute approximate surface area is 61.0 Å². The van der Waals surface area contributed by atoms with Crippen molar-refractivity contribution >= 4 is 0 Å². The molecule has 6 N–H and O–H groups in total. The van der Waals surface area contributed by atoms with Crippen molar-refractivity contribution in [2.24, 2.45) is 5.73 Å². The quantitative estimate of drug-likeness (QED) is 0.287. The van der Waals surface area contributed by atoms with Crippen LogP contribution in [-0.4, -0.2) is 38.3 Å². The lowest BCUT2D eigenvalue weighted by atomic mass is 10.3. The molecule has 0 heterocycles. The van der Waals surface area contributed by atoms with Gasteiger partial charge in [0.1, 0.15) is 6.17 Å². The van der Waals surface area contributed by atoms with Gasteiger partial charge in [0.05, 0.1) is 0 Å². The van der Waals surface area contributed by atoms with E-state index >= 15 is 0 Å². The molecule has 1 atom stereocenters. The Morgan fingerprint density at radius 2 is 1.70 bits per heavy atom. The lowest BCUT2D eigenvalue weighted by Crippen LogP contribution is -2.69. The summed E-state index contributed by atoms with van der Waals surface area (Å²) in [5.41, 5.74) is 5.49. The Balaban J connectivity index is 4.02. The van der Waals surface area contributed by atoms with E-state index in [4.69, 9.17) is 5.73 Å². The Bertz CT molecular complexity index is 93.6. The Kier molecular flexibility index (Phi) is 3.77. The molecule has 0 aromatic rings. The number of rotatable bonds is 4. The van der Waals surface area contributed by atoms with Gasteiger partial charge in [-0.15, -0.1) is 0 Å². The number of nitrogens with two attached hydrogens (primary N) is 1. The molecule has 1 unspecified atom stereocenters. The van der Waals surface area contributed by atoms with Gasteiger partial charge in [0.2, 0.25) is 5.85 Å². The van der Waals surface area contributed by atoms with Gasteiger partial charge in [0.15, 0.2) is 0 Å². The molecule has 0 aromatic heterocycles. The lowest BCUT2D eigenvalue weighted by molar-refractivity contribution is -0.0449. The summed E-state index contributed by atoms with van der Waals surface area (Å²) in [7, 11) is 4.91. The second-order valence-electron chi connectivity index (χ2n) is 2.03. The minimum absolute atomic E-state index is 0.539. The molecule has 0 spiro atoms. The number of aliphatic hydroxyl groups is 1. The van der Waals surface area contributed by atoms with Crippen LogP contribution in [0, 0.1) is 0 Å². The summed E-state index contributed by atoms with van der Waals surface area (Å²) < 4.78 is 0. The summed E-state index contributed by atoms with van der Waals surface area (Å²) in [6.07, 6.45) is -0.539. The lowest BCUT2D eigenvalue weighted by Gasteiger charge is -2.32. The first-order chi connectivity index (χ1) is 4.60. The molecular weight excluding hydrogens is 132 g/mol. The maximum atomic E-state index is 9.49. The molecule has 0 aliphatic carbocycles. The fraction of sp³-hybridized carbons (Fsp3) is 1.00. The van der Waals surface area contributed by atoms with Crippen LogP contribution in [0.1, 0.15) is 0 Å². The fourth-order valence-corrected chi connectivity index (χ4v) is 0.645. The van der Waals surface area contributed by atoms with Crippen LogP contribution in [0.2, 0.25) is 0 Å². The van der Waals surface area contributed by atoms with Gasteiger partial charge < -0.3 is 16.2 Å². The minimum Gasteiger partial charge on any atom is -0.361 e. The van der Waals surface area contributed by atoms with E-state index < -0.39 is 12.0 Å². The highest BCUT2D eigenvalue weighted by Gasteiger charge is 2.29. The van der Waals surface area contributed by atoms with E-state index in [1.165, 1.54) is 0 Å². The number of hydrogen-bond acceptors (Lipinski definition) is 5. The summed E-state index contributed by atoms with van der Waals surface area (Å²) in [6, 6.07) is 0. The van der Waals surface area contributed by atoms with Gasteiger partial charge >= 0.3 is 0 Å². The Morgan fingerprint density at radius 3 is 1.80 bits per heavy atom. The average Bonchev–Trinajstić information content (AvgIpc) is 2.01. The summed E-state index contributed by atoms with van der Waals surface area (Å²) in [5, 5.41) is 17.5. The van der Waals surface area contributed by atoms with Gasteiger partial charge in [0.25, 0.3) is 0 Å². The van der Waals surface area contributed by atoms with Crippen molar-refractivity contribution in [3.63, 3.8) is 0 Å². The molecule has 0 aliphatic heterocycles. The molecule has 0 bridgehead atoms. The maximum absolute atomic E-state index is 9.49. The summed E-state index contributed by atoms with van der Waals surface area (Å²) in [5.74, 6) is -1.24. The molecule has 10 heavy (non-hydrogen) atoms. The van der Waals surface area contributed by atoms with E-state index in [0.29, 0.717) is 0 Å². The fourth-order valence-electron chi connectivity index (χ4n) is 0.645. The van der Waals surface area contributed by atoms with Gasteiger partial charge in [-0.05, 0) is 21.1 Å². The molecule has 0 aliphatic rings. The highest BCUT2D eigenvalue weighted by atomic mass is 16.3. The van der Waals surface area contributed by atoms with Gasteiger partial charge in [-0.2, -0.15) is 0 Å². The van der Waals surface area contributed by atoms with Crippen molar-refractivity contribution in [2.75, 3.05) is 21.1 Å². The van der Waals surface area contributed by atoms with Crippen LogP contribution >= 0.6 is 0 Å². The van der Waals surface area contributed by atoms with E-state index in [1.807, 2.05) is 0 Å². The second-order valence-corrected chi connectivity index (χ2v) is 2.03. The zero-order valence-corrected chi connectivity index (χ0v) is 6.60. The topological polar surface area (TPSA) is 82.3 Å². The van der Waals surface area contributed by atoms with Crippen LogP contribution in [0.15, 0.2) is 0 Å². The Hall–Kier alpha value is -0.200. The number of likely N-dealkylation sites (N-methyl/N-ethyl adjacent to an activating group) is 3. The monoisotopic (exact) mass is 148 g/mol. The molecule has 0 rings (SSSR count). The van der Waals surface area contributed by atoms with E-state index in [9.17, 15) is 5.11 Å². The molecule has 0 aromatic carbocycles. The SMILES string of the molecule is CNC(N)C(O)(NC)NC. The van der Waals surface area contributed by atoms with Crippen LogP contribution in [0.3, 0.4) is 0 Å². The molecule has 0 saturated heterocycles. The minimum atomic E-state index is -1.24. The van der Waals surface area contributed by atoms with Gasteiger partial charge in [-0.25, -0.2) is 0 Å². The van der Waals surface area contributed by atoms with E-state index in [0.717, 1.165) is 0 Å². The van der Waals surface area contributed by atoms with Crippen molar-refractivity contribution in [3.8, 4) is 0 Å². The largest absolute Gasteiger partial charge is 0.361 e. The molecule has 5 heteroatoms. The molecule has 0 amide bonds.